The minimum absolute atomic E-state index is 0.00705. The highest BCUT2D eigenvalue weighted by Crippen LogP contribution is 2.41. The Morgan fingerprint density at radius 2 is 2.11 bits per heavy atom. The molecule has 1 aliphatic heterocycles. The summed E-state index contributed by atoms with van der Waals surface area (Å²) in [5.74, 6) is 0.696. The Labute approximate surface area is 202 Å². The van der Waals surface area contributed by atoms with Crippen LogP contribution in [0.3, 0.4) is 0 Å². The molecule has 1 unspecified atom stereocenters. The molecule has 1 aromatic carbocycles. The second-order valence-corrected chi connectivity index (χ2v) is 7.76. The maximum absolute atomic E-state index is 14.9. The van der Waals surface area contributed by atoms with Gasteiger partial charge in [0.25, 0.3) is 0 Å². The molecule has 0 fully saturated rings. The molecule has 5 rings (SSSR count). The number of aromatic nitrogens is 5. The number of hydrogen-bond acceptors (Lipinski definition) is 12. The monoisotopic (exact) mass is 484 g/mol. The predicted octanol–water partition coefficient (Wildman–Crippen LogP) is 1.80. The lowest BCUT2D eigenvalue weighted by molar-refractivity contribution is 0.370. The zero-order valence-corrected chi connectivity index (χ0v) is 18.7. The summed E-state index contributed by atoms with van der Waals surface area (Å²) in [6.45, 7) is 2.11. The van der Waals surface area contributed by atoms with Crippen molar-refractivity contribution < 1.29 is 8.91 Å². The number of fused-ring (bicyclic) bond motifs is 1. The van der Waals surface area contributed by atoms with E-state index in [1.54, 1.807) is 18.6 Å². The second-order valence-electron chi connectivity index (χ2n) is 7.76. The molecule has 0 saturated carbocycles. The minimum atomic E-state index is -0.850. The molecule has 13 nitrogen and oxygen atoms in total. The number of anilines is 3. The molecule has 14 heteroatoms. The Morgan fingerprint density at radius 1 is 1.28 bits per heavy atom. The van der Waals surface area contributed by atoms with Crippen molar-refractivity contribution in [1.29, 1.82) is 10.5 Å². The molecule has 4 aromatic rings. The van der Waals surface area contributed by atoms with Gasteiger partial charge in [-0.15, -0.1) is 0 Å². The third-order valence-corrected chi connectivity index (χ3v) is 5.60. The number of guanidine groups is 1. The van der Waals surface area contributed by atoms with Crippen LogP contribution in [0.1, 0.15) is 34.4 Å². The fourth-order valence-corrected chi connectivity index (χ4v) is 3.85. The fraction of sp³-hybridized carbons (Fsp3) is 0.136. The maximum Gasteiger partial charge on any atom is 0.246 e. The first-order valence-corrected chi connectivity index (χ1v) is 10.5. The van der Waals surface area contributed by atoms with Crippen LogP contribution in [-0.4, -0.2) is 30.6 Å². The number of rotatable bonds is 4. The molecule has 3 aromatic heterocycles. The number of nitrogens with one attached hydrogen (secondary N) is 2. The van der Waals surface area contributed by atoms with Crippen LogP contribution in [-0.2, 0) is 6.54 Å². The Morgan fingerprint density at radius 3 is 2.83 bits per heavy atom. The lowest BCUT2D eigenvalue weighted by atomic mass is 9.94. The van der Waals surface area contributed by atoms with Gasteiger partial charge in [-0.3, -0.25) is 5.32 Å². The lowest BCUT2D eigenvalue weighted by Crippen LogP contribution is -2.32. The van der Waals surface area contributed by atoms with Crippen LogP contribution in [0.25, 0.3) is 11.4 Å². The number of nitriles is 2. The van der Waals surface area contributed by atoms with Crippen LogP contribution in [0, 0.1) is 35.5 Å². The van der Waals surface area contributed by atoms with Crippen LogP contribution in [0.2, 0.25) is 0 Å². The summed E-state index contributed by atoms with van der Waals surface area (Å²) in [7, 11) is 0. The SMILES string of the molecule is Cc1nccn1Cc1nc(-c2cc(C3N=C(NC#N)Nc4nc(N)c(C#N)c(N)c43)ccc2F)no1. The number of nitrogens with two attached hydrogens (primary N) is 2. The molecule has 0 aliphatic carbocycles. The molecular weight excluding hydrogens is 467 g/mol. The quantitative estimate of drug-likeness (QED) is 0.243. The van der Waals surface area contributed by atoms with Crippen LogP contribution in [0.4, 0.5) is 21.7 Å². The number of pyridine rings is 1. The van der Waals surface area contributed by atoms with Gasteiger partial charge in [0.05, 0.1) is 11.3 Å². The Bertz CT molecular complexity index is 1610. The van der Waals surface area contributed by atoms with Crippen LogP contribution >= 0.6 is 0 Å². The van der Waals surface area contributed by atoms with Gasteiger partial charge in [-0.25, -0.2) is 19.4 Å². The van der Waals surface area contributed by atoms with Crippen molar-refractivity contribution in [2.75, 3.05) is 16.8 Å². The van der Waals surface area contributed by atoms with Crippen molar-refractivity contribution in [2.24, 2.45) is 4.99 Å². The zero-order chi connectivity index (χ0) is 25.4. The molecule has 6 N–H and O–H groups in total. The summed E-state index contributed by atoms with van der Waals surface area (Å²) in [5.41, 5.74) is 13.1. The molecule has 0 radical (unpaired) electrons. The van der Waals surface area contributed by atoms with Crippen molar-refractivity contribution in [3.05, 3.63) is 64.8 Å². The summed E-state index contributed by atoms with van der Waals surface area (Å²) < 4.78 is 22.0. The maximum atomic E-state index is 14.9. The molecule has 4 heterocycles. The molecular formula is C22H17FN12O. The van der Waals surface area contributed by atoms with E-state index in [9.17, 15) is 9.65 Å². The smallest absolute Gasteiger partial charge is 0.246 e. The normalized spacial score (nSPS) is 14.2. The van der Waals surface area contributed by atoms with E-state index in [-0.39, 0.29) is 52.7 Å². The van der Waals surface area contributed by atoms with Crippen molar-refractivity contribution in [3.8, 4) is 23.7 Å². The molecule has 178 valence electrons. The zero-order valence-electron chi connectivity index (χ0n) is 18.7. The molecule has 0 bridgehead atoms. The van der Waals surface area contributed by atoms with Crippen LogP contribution in [0.15, 0.2) is 40.1 Å². The Kier molecular flexibility index (Phi) is 5.39. The summed E-state index contributed by atoms with van der Waals surface area (Å²) in [5, 5.41) is 27.7. The molecule has 36 heavy (non-hydrogen) atoms. The van der Waals surface area contributed by atoms with E-state index in [4.69, 9.17) is 21.3 Å². The first-order valence-electron chi connectivity index (χ1n) is 10.5. The number of aliphatic imine (C=N–C) groups is 1. The summed E-state index contributed by atoms with van der Waals surface area (Å²) in [4.78, 5) is 17.2. The van der Waals surface area contributed by atoms with E-state index >= 15 is 0 Å². The highest BCUT2D eigenvalue weighted by atomic mass is 19.1. The Hall–Kier alpha value is -5.50. The highest BCUT2D eigenvalue weighted by Gasteiger charge is 2.30. The van der Waals surface area contributed by atoms with Crippen molar-refractivity contribution >= 4 is 23.3 Å². The first kappa shape index (κ1) is 22.3. The van der Waals surface area contributed by atoms with Gasteiger partial charge in [0.15, 0.2) is 6.19 Å². The predicted molar refractivity (Wildman–Crippen MR) is 125 cm³/mol. The first-order chi connectivity index (χ1) is 17.4. The van der Waals surface area contributed by atoms with Gasteiger partial charge >= 0.3 is 0 Å². The Balaban J connectivity index is 1.58. The van der Waals surface area contributed by atoms with E-state index in [0.717, 1.165) is 5.82 Å². The van der Waals surface area contributed by atoms with Gasteiger partial charge in [-0.2, -0.15) is 15.5 Å². The third-order valence-electron chi connectivity index (χ3n) is 5.60. The lowest BCUT2D eigenvalue weighted by Gasteiger charge is -2.26. The van der Waals surface area contributed by atoms with Gasteiger partial charge in [0, 0.05) is 18.0 Å². The van der Waals surface area contributed by atoms with Crippen molar-refractivity contribution in [2.45, 2.75) is 19.5 Å². The van der Waals surface area contributed by atoms with E-state index in [1.807, 2.05) is 17.6 Å². The molecule has 0 saturated heterocycles. The van der Waals surface area contributed by atoms with Gasteiger partial charge < -0.3 is 25.9 Å². The summed E-state index contributed by atoms with van der Waals surface area (Å²) in [6, 6.07) is 5.33. The highest BCUT2D eigenvalue weighted by molar-refractivity contribution is 5.98. The summed E-state index contributed by atoms with van der Waals surface area (Å²) >= 11 is 0. The minimum Gasteiger partial charge on any atom is -0.397 e. The summed E-state index contributed by atoms with van der Waals surface area (Å²) in [6.07, 6.45) is 5.19. The molecule has 0 spiro atoms. The van der Waals surface area contributed by atoms with Gasteiger partial charge in [-0.05, 0) is 24.6 Å². The average molecular weight is 484 g/mol. The van der Waals surface area contributed by atoms with E-state index in [1.165, 1.54) is 18.2 Å². The third kappa shape index (κ3) is 3.78. The fourth-order valence-electron chi connectivity index (χ4n) is 3.85. The van der Waals surface area contributed by atoms with Gasteiger partial charge in [0.1, 0.15) is 47.5 Å². The van der Waals surface area contributed by atoms with Gasteiger partial charge in [-0.1, -0.05) is 11.2 Å². The molecule has 1 aliphatic rings. The van der Waals surface area contributed by atoms with E-state index < -0.39 is 11.9 Å². The van der Waals surface area contributed by atoms with Crippen molar-refractivity contribution in [3.63, 3.8) is 0 Å². The number of halogens is 1. The van der Waals surface area contributed by atoms with Crippen LogP contribution < -0.4 is 22.1 Å². The van der Waals surface area contributed by atoms with Crippen molar-refractivity contribution in [1.82, 2.24) is 30.0 Å². The standard InChI is InChI=1S/C22H17FN12O/c1-10-28-4-5-35(10)8-15-30-20(34-36-15)12-6-11(2-3-14(12)23)18-16-17(26)13(7-24)19(27)32-21(16)33-22(31-18)29-9-25/h2-6,18H,8H2,1H3,(H6,26,27,29,31,32,33). The number of nitrogen functional groups attached to an aromatic ring is 2. The van der Waals surface area contributed by atoms with Gasteiger partial charge in [0.2, 0.25) is 17.7 Å². The molecule has 1 atom stereocenters. The number of aryl methyl sites for hydroxylation is 1. The average Bonchev–Trinajstić information content (AvgIpc) is 3.48. The number of hydrogen-bond donors (Lipinski definition) is 4. The second kappa shape index (κ2) is 8.69. The number of imidazole rings is 1. The topological polar surface area (TPSA) is 206 Å². The van der Waals surface area contributed by atoms with E-state index in [2.05, 4.69) is 35.7 Å². The largest absolute Gasteiger partial charge is 0.397 e. The molecule has 0 amide bonds. The number of nitrogens with zero attached hydrogens (tertiary/aromatic N) is 8. The number of benzene rings is 1. The van der Waals surface area contributed by atoms with E-state index in [0.29, 0.717) is 11.1 Å². The van der Waals surface area contributed by atoms with Crippen LogP contribution in [0.5, 0.6) is 0 Å².